The highest BCUT2D eigenvalue weighted by molar-refractivity contribution is 6.22. The average Bonchev–Trinajstić information content (AvgIpc) is 4.24. The number of rotatable bonds is 8. The quantitative estimate of drug-likeness (QED) is 0.141. The SMILES string of the molecule is c1ccc(C2(c3ccccc3)c3ccccc3-c3cc(N(c4ccc5occc5c4)c4c5ccccc5c(-c5ccc6c(c5)C(c5ccccc5)(c5ccccc5)c5ccccc5-6)c5ccccc45)ccc32)cc1. The molecule has 0 atom stereocenters. The molecular weight excluding hydrogens is 895 g/mol. The molecule has 0 radical (unpaired) electrons. The molecule has 0 amide bonds. The zero-order valence-electron chi connectivity index (χ0n) is 40.5. The van der Waals surface area contributed by atoms with Crippen molar-refractivity contribution in [1.29, 1.82) is 0 Å². The van der Waals surface area contributed by atoms with Gasteiger partial charge >= 0.3 is 0 Å². The smallest absolute Gasteiger partial charge is 0.133 e. The van der Waals surface area contributed by atoms with Gasteiger partial charge < -0.3 is 9.32 Å². The first-order valence-corrected chi connectivity index (χ1v) is 25.6. The summed E-state index contributed by atoms with van der Waals surface area (Å²) in [5.74, 6) is 0. The van der Waals surface area contributed by atoms with Crippen molar-refractivity contribution in [2.45, 2.75) is 10.8 Å². The molecule has 2 nitrogen and oxygen atoms in total. The van der Waals surface area contributed by atoms with Crippen LogP contribution >= 0.6 is 0 Å². The first-order chi connectivity index (χ1) is 36.7. The maximum Gasteiger partial charge on any atom is 0.133 e. The van der Waals surface area contributed by atoms with Gasteiger partial charge in [-0.15, -0.1) is 0 Å². The second kappa shape index (κ2) is 16.5. The van der Waals surface area contributed by atoms with E-state index in [4.69, 9.17) is 4.42 Å². The van der Waals surface area contributed by atoms with Crippen LogP contribution in [0.4, 0.5) is 17.1 Å². The Bertz CT molecular complexity index is 4170. The van der Waals surface area contributed by atoms with E-state index in [1.165, 1.54) is 99.4 Å². The lowest BCUT2D eigenvalue weighted by Gasteiger charge is -2.34. The molecule has 0 bridgehead atoms. The highest BCUT2D eigenvalue weighted by atomic mass is 16.3. The lowest BCUT2D eigenvalue weighted by atomic mass is 9.67. The predicted octanol–water partition coefficient (Wildman–Crippen LogP) is 18.6. The van der Waals surface area contributed by atoms with E-state index in [9.17, 15) is 0 Å². The van der Waals surface area contributed by atoms with Gasteiger partial charge in [0.25, 0.3) is 0 Å². The molecule has 0 unspecified atom stereocenters. The second-order valence-electron chi connectivity index (χ2n) is 19.8. The topological polar surface area (TPSA) is 16.4 Å². The number of furan rings is 1. The van der Waals surface area contributed by atoms with Crippen LogP contribution in [0.5, 0.6) is 0 Å². The van der Waals surface area contributed by atoms with Gasteiger partial charge in [-0.2, -0.15) is 0 Å². The molecule has 0 N–H and O–H groups in total. The highest BCUT2D eigenvalue weighted by Gasteiger charge is 2.48. The summed E-state index contributed by atoms with van der Waals surface area (Å²) >= 11 is 0. The Morgan fingerprint density at radius 1 is 0.297 bits per heavy atom. The van der Waals surface area contributed by atoms with Crippen molar-refractivity contribution in [3.63, 3.8) is 0 Å². The fourth-order valence-corrected chi connectivity index (χ4v) is 13.3. The zero-order valence-corrected chi connectivity index (χ0v) is 40.5. The molecule has 1 heterocycles. The van der Waals surface area contributed by atoms with E-state index in [2.05, 4.69) is 284 Å². The summed E-state index contributed by atoms with van der Waals surface area (Å²) < 4.78 is 5.98. The first kappa shape index (κ1) is 42.2. The number of hydrogen-bond donors (Lipinski definition) is 0. The van der Waals surface area contributed by atoms with Crippen molar-refractivity contribution in [3.05, 3.63) is 330 Å². The van der Waals surface area contributed by atoms with Gasteiger partial charge in [-0.25, -0.2) is 0 Å². The van der Waals surface area contributed by atoms with Crippen molar-refractivity contribution in [1.82, 2.24) is 0 Å². The molecule has 74 heavy (non-hydrogen) atoms. The van der Waals surface area contributed by atoms with Gasteiger partial charge in [0.1, 0.15) is 5.58 Å². The monoisotopic (exact) mass is 941 g/mol. The molecule has 2 heteroatoms. The van der Waals surface area contributed by atoms with Crippen LogP contribution in [0.2, 0.25) is 0 Å². The van der Waals surface area contributed by atoms with Crippen LogP contribution in [0, 0.1) is 0 Å². The van der Waals surface area contributed by atoms with Gasteiger partial charge in [0.05, 0.1) is 22.8 Å². The Kier molecular flexibility index (Phi) is 9.43. The van der Waals surface area contributed by atoms with E-state index >= 15 is 0 Å². The molecule has 1 aromatic heterocycles. The van der Waals surface area contributed by atoms with Crippen LogP contribution in [-0.4, -0.2) is 0 Å². The van der Waals surface area contributed by atoms with Gasteiger partial charge in [0.15, 0.2) is 0 Å². The van der Waals surface area contributed by atoms with Crippen LogP contribution in [-0.2, 0) is 10.8 Å². The Labute approximate surface area is 430 Å². The van der Waals surface area contributed by atoms with E-state index in [1.807, 2.05) is 0 Å². The Morgan fingerprint density at radius 3 is 1.30 bits per heavy atom. The van der Waals surface area contributed by atoms with Crippen LogP contribution in [0.15, 0.2) is 290 Å². The normalized spacial score (nSPS) is 13.6. The first-order valence-electron chi connectivity index (χ1n) is 25.6. The van der Waals surface area contributed by atoms with Crippen molar-refractivity contribution in [2.75, 3.05) is 4.90 Å². The molecule has 0 spiro atoms. The predicted molar refractivity (Wildman–Crippen MR) is 306 cm³/mol. The van der Waals surface area contributed by atoms with Crippen molar-refractivity contribution in [2.24, 2.45) is 0 Å². The van der Waals surface area contributed by atoms with Gasteiger partial charge in [-0.1, -0.05) is 237 Å². The minimum atomic E-state index is -0.524. The zero-order chi connectivity index (χ0) is 48.8. The summed E-state index contributed by atoms with van der Waals surface area (Å²) in [5, 5.41) is 5.76. The molecule has 13 aromatic rings. The third-order valence-corrected chi connectivity index (χ3v) is 16.3. The molecule has 0 saturated carbocycles. The average molecular weight is 942 g/mol. The Balaban J connectivity index is 1.000. The van der Waals surface area contributed by atoms with Crippen LogP contribution < -0.4 is 4.90 Å². The van der Waals surface area contributed by atoms with E-state index in [0.717, 1.165) is 28.0 Å². The fraction of sp³-hybridized carbons (Fsp3) is 0.0278. The van der Waals surface area contributed by atoms with Gasteiger partial charge in [0.2, 0.25) is 0 Å². The number of benzene rings is 12. The van der Waals surface area contributed by atoms with E-state index in [0.29, 0.717) is 0 Å². The number of fused-ring (bicyclic) bond motifs is 9. The molecule has 15 rings (SSSR count). The lowest BCUT2D eigenvalue weighted by Crippen LogP contribution is -2.28. The lowest BCUT2D eigenvalue weighted by molar-refractivity contribution is 0.616. The third-order valence-electron chi connectivity index (χ3n) is 16.3. The highest BCUT2D eigenvalue weighted by Crippen LogP contribution is 2.60. The van der Waals surface area contributed by atoms with Crippen LogP contribution in [0.3, 0.4) is 0 Å². The summed E-state index contributed by atoms with van der Waals surface area (Å²) in [6.45, 7) is 0. The van der Waals surface area contributed by atoms with E-state index < -0.39 is 10.8 Å². The summed E-state index contributed by atoms with van der Waals surface area (Å²) in [6, 6.07) is 104. The standard InChI is InChI=1S/C72H47NO/c1-5-21-50(22-6-1)71(51-23-7-2-8-24-51)65-36-20-18-30-57(65)63-47-55(38-41-66(63)71)73(54-39-42-68-48(45-54)43-44-74-68)70-61-33-15-13-31-59(61)69(60-32-14-16-34-62(60)70)49-37-40-58-56-29-17-19-35-64(56)72(67(58)46-49,52-25-9-3-10-26-52)53-27-11-4-12-28-53/h1-47H. The van der Waals surface area contributed by atoms with Crippen molar-refractivity contribution >= 4 is 49.6 Å². The minimum absolute atomic E-state index is 0.510. The molecular formula is C72H47NO. The number of hydrogen-bond acceptors (Lipinski definition) is 2. The molecule has 0 saturated heterocycles. The van der Waals surface area contributed by atoms with E-state index in [1.54, 1.807) is 6.26 Å². The molecule has 0 fully saturated rings. The van der Waals surface area contributed by atoms with E-state index in [-0.39, 0.29) is 0 Å². The number of anilines is 3. The van der Waals surface area contributed by atoms with Crippen molar-refractivity contribution in [3.8, 4) is 33.4 Å². The van der Waals surface area contributed by atoms with Gasteiger partial charge in [-0.05, 0) is 131 Å². The Hall–Kier alpha value is -9.50. The fourth-order valence-electron chi connectivity index (χ4n) is 13.3. The van der Waals surface area contributed by atoms with Gasteiger partial charge in [-0.3, -0.25) is 0 Å². The molecule has 0 aliphatic heterocycles. The second-order valence-corrected chi connectivity index (χ2v) is 19.8. The maximum absolute atomic E-state index is 5.98. The minimum Gasteiger partial charge on any atom is -0.464 e. The molecule has 12 aromatic carbocycles. The summed E-state index contributed by atoms with van der Waals surface area (Å²) in [4.78, 5) is 2.50. The van der Waals surface area contributed by atoms with Crippen molar-refractivity contribution < 1.29 is 4.42 Å². The summed E-state index contributed by atoms with van der Waals surface area (Å²) in [6.07, 6.45) is 1.79. The third kappa shape index (κ3) is 5.94. The number of nitrogens with zero attached hydrogens (tertiary/aromatic N) is 1. The maximum atomic E-state index is 5.98. The summed E-state index contributed by atoms with van der Waals surface area (Å²) in [5.41, 5.74) is 20.7. The largest absolute Gasteiger partial charge is 0.464 e. The molecule has 346 valence electrons. The van der Waals surface area contributed by atoms with Crippen LogP contribution in [0.25, 0.3) is 65.9 Å². The molecule has 2 aliphatic carbocycles. The van der Waals surface area contributed by atoms with Gasteiger partial charge in [0, 0.05) is 27.5 Å². The summed E-state index contributed by atoms with van der Waals surface area (Å²) in [7, 11) is 0. The Morgan fingerprint density at radius 2 is 0.730 bits per heavy atom. The van der Waals surface area contributed by atoms with Crippen LogP contribution in [0.1, 0.15) is 44.5 Å². The molecule has 2 aliphatic rings.